The zero-order chi connectivity index (χ0) is 15.9. The van der Waals surface area contributed by atoms with Crippen molar-refractivity contribution in [1.29, 1.82) is 0 Å². The van der Waals surface area contributed by atoms with E-state index >= 15 is 0 Å². The molecule has 0 spiro atoms. The molecule has 2 aromatic rings. The van der Waals surface area contributed by atoms with Gasteiger partial charge < -0.3 is 10.6 Å². The molecule has 0 bridgehead atoms. The van der Waals surface area contributed by atoms with Crippen LogP contribution in [0.3, 0.4) is 0 Å². The molecule has 1 amide bonds. The molecule has 116 valence electrons. The van der Waals surface area contributed by atoms with E-state index in [1.54, 1.807) is 12.3 Å². The quantitative estimate of drug-likeness (QED) is 0.787. The summed E-state index contributed by atoms with van der Waals surface area (Å²) in [6, 6.07) is 9.54. The van der Waals surface area contributed by atoms with E-state index in [-0.39, 0.29) is 5.91 Å². The number of anilines is 2. The number of carbonyl (C=O) groups is 1. The second kappa shape index (κ2) is 7.59. The second-order valence-electron chi connectivity index (χ2n) is 5.41. The second-order valence-corrected chi connectivity index (χ2v) is 5.41. The molecular weight excluding hydrogens is 274 g/mol. The summed E-state index contributed by atoms with van der Waals surface area (Å²) in [5.41, 5.74) is 4.40. The molecule has 0 saturated carbocycles. The van der Waals surface area contributed by atoms with Gasteiger partial charge >= 0.3 is 0 Å². The van der Waals surface area contributed by atoms with Crippen LogP contribution in [-0.4, -0.2) is 17.4 Å². The maximum absolute atomic E-state index is 12.4. The molecule has 0 radical (unpaired) electrons. The minimum atomic E-state index is -0.187. The lowest BCUT2D eigenvalue weighted by atomic mass is 10.1. The van der Waals surface area contributed by atoms with Gasteiger partial charge in [-0.1, -0.05) is 25.5 Å². The predicted octanol–water partition coefficient (Wildman–Crippen LogP) is 4.16. The number of nitrogens with zero attached hydrogens (tertiary/aromatic N) is 1. The van der Waals surface area contributed by atoms with Gasteiger partial charge in [-0.2, -0.15) is 0 Å². The Balaban J connectivity index is 2.09. The molecule has 0 saturated heterocycles. The Morgan fingerprint density at radius 1 is 1.23 bits per heavy atom. The standard InChI is InChI=1S/C18H23N3O/c1-4-5-10-19-15-9-11-20-17(12-15)18(22)21-16-8-6-7-13(2)14(16)3/h6-9,11-12H,4-5,10H2,1-3H3,(H,19,20)(H,21,22). The summed E-state index contributed by atoms with van der Waals surface area (Å²) in [5, 5.41) is 6.24. The summed E-state index contributed by atoms with van der Waals surface area (Å²) >= 11 is 0. The molecule has 0 aliphatic carbocycles. The summed E-state index contributed by atoms with van der Waals surface area (Å²) < 4.78 is 0. The maximum atomic E-state index is 12.4. The van der Waals surface area contributed by atoms with Crippen molar-refractivity contribution < 1.29 is 4.79 Å². The predicted molar refractivity (Wildman–Crippen MR) is 91.5 cm³/mol. The van der Waals surface area contributed by atoms with Crippen molar-refractivity contribution in [2.45, 2.75) is 33.6 Å². The van der Waals surface area contributed by atoms with Crippen LogP contribution in [0.5, 0.6) is 0 Å². The fourth-order valence-corrected chi connectivity index (χ4v) is 2.15. The number of benzene rings is 1. The van der Waals surface area contributed by atoms with Crippen LogP contribution in [0.1, 0.15) is 41.4 Å². The van der Waals surface area contributed by atoms with Gasteiger partial charge in [-0.05, 0) is 49.6 Å². The average Bonchev–Trinajstić information content (AvgIpc) is 2.52. The van der Waals surface area contributed by atoms with Crippen LogP contribution >= 0.6 is 0 Å². The van der Waals surface area contributed by atoms with Crippen molar-refractivity contribution in [1.82, 2.24) is 4.98 Å². The molecule has 4 nitrogen and oxygen atoms in total. The molecule has 4 heteroatoms. The summed E-state index contributed by atoms with van der Waals surface area (Å²) in [6.45, 7) is 7.08. The molecule has 22 heavy (non-hydrogen) atoms. The summed E-state index contributed by atoms with van der Waals surface area (Å²) in [7, 11) is 0. The minimum Gasteiger partial charge on any atom is -0.385 e. The number of hydrogen-bond acceptors (Lipinski definition) is 3. The average molecular weight is 297 g/mol. The van der Waals surface area contributed by atoms with Crippen molar-refractivity contribution >= 4 is 17.3 Å². The van der Waals surface area contributed by atoms with E-state index in [2.05, 4.69) is 22.5 Å². The molecule has 1 heterocycles. The zero-order valence-electron chi connectivity index (χ0n) is 13.4. The van der Waals surface area contributed by atoms with Gasteiger partial charge in [0, 0.05) is 24.1 Å². The SMILES string of the molecule is CCCCNc1ccnc(C(=O)Nc2cccc(C)c2C)c1. The van der Waals surface area contributed by atoms with E-state index in [9.17, 15) is 4.79 Å². The molecule has 2 N–H and O–H groups in total. The Morgan fingerprint density at radius 3 is 2.82 bits per heavy atom. The third kappa shape index (κ3) is 4.07. The number of amides is 1. The smallest absolute Gasteiger partial charge is 0.274 e. The first-order valence-corrected chi connectivity index (χ1v) is 7.69. The van der Waals surface area contributed by atoms with Crippen molar-refractivity contribution in [3.8, 4) is 0 Å². The third-order valence-corrected chi connectivity index (χ3v) is 3.70. The van der Waals surface area contributed by atoms with Gasteiger partial charge in [0.15, 0.2) is 0 Å². The number of hydrogen-bond donors (Lipinski definition) is 2. The first-order chi connectivity index (χ1) is 10.6. The fourth-order valence-electron chi connectivity index (χ4n) is 2.15. The minimum absolute atomic E-state index is 0.187. The van der Waals surface area contributed by atoms with Crippen LogP contribution in [0, 0.1) is 13.8 Å². The van der Waals surface area contributed by atoms with Gasteiger partial charge in [0.05, 0.1) is 0 Å². The van der Waals surface area contributed by atoms with E-state index in [0.29, 0.717) is 5.69 Å². The lowest BCUT2D eigenvalue weighted by molar-refractivity contribution is 0.102. The van der Waals surface area contributed by atoms with Gasteiger partial charge in [0.1, 0.15) is 5.69 Å². The van der Waals surface area contributed by atoms with Crippen LogP contribution in [0.15, 0.2) is 36.5 Å². The van der Waals surface area contributed by atoms with Gasteiger partial charge in [-0.3, -0.25) is 9.78 Å². The van der Waals surface area contributed by atoms with E-state index in [1.165, 1.54) is 0 Å². The van der Waals surface area contributed by atoms with Crippen LogP contribution in [0.2, 0.25) is 0 Å². The molecule has 0 aliphatic heterocycles. The highest BCUT2D eigenvalue weighted by atomic mass is 16.1. The molecular formula is C18H23N3O. The highest BCUT2D eigenvalue weighted by Crippen LogP contribution is 2.19. The van der Waals surface area contributed by atoms with Crippen LogP contribution in [-0.2, 0) is 0 Å². The van der Waals surface area contributed by atoms with Crippen molar-refractivity contribution in [3.05, 3.63) is 53.3 Å². The number of rotatable bonds is 6. The Kier molecular flexibility index (Phi) is 5.53. The number of unbranched alkanes of at least 4 members (excludes halogenated alkanes) is 1. The number of aryl methyl sites for hydroxylation is 1. The fraction of sp³-hybridized carbons (Fsp3) is 0.333. The highest BCUT2D eigenvalue weighted by Gasteiger charge is 2.10. The third-order valence-electron chi connectivity index (χ3n) is 3.70. The lowest BCUT2D eigenvalue weighted by Gasteiger charge is -2.11. The monoisotopic (exact) mass is 297 g/mol. The van der Waals surface area contributed by atoms with Crippen molar-refractivity contribution in [3.63, 3.8) is 0 Å². The molecule has 1 aromatic heterocycles. The van der Waals surface area contributed by atoms with Gasteiger partial charge in [-0.25, -0.2) is 0 Å². The zero-order valence-corrected chi connectivity index (χ0v) is 13.4. The first-order valence-electron chi connectivity index (χ1n) is 7.69. The molecule has 2 rings (SSSR count). The Bertz CT molecular complexity index is 653. The van der Waals surface area contributed by atoms with Crippen molar-refractivity contribution in [2.24, 2.45) is 0 Å². The molecule has 0 fully saturated rings. The van der Waals surface area contributed by atoms with Crippen LogP contribution < -0.4 is 10.6 Å². The Hall–Kier alpha value is -2.36. The molecule has 0 atom stereocenters. The summed E-state index contributed by atoms with van der Waals surface area (Å²) in [4.78, 5) is 16.5. The normalized spacial score (nSPS) is 10.3. The molecule has 1 aromatic carbocycles. The highest BCUT2D eigenvalue weighted by molar-refractivity contribution is 6.03. The number of pyridine rings is 1. The Labute approximate surface area is 132 Å². The lowest BCUT2D eigenvalue weighted by Crippen LogP contribution is -2.15. The number of nitrogens with one attached hydrogen (secondary N) is 2. The topological polar surface area (TPSA) is 54.0 Å². The largest absolute Gasteiger partial charge is 0.385 e. The molecule has 0 aliphatic rings. The molecule has 0 unspecified atom stereocenters. The van der Waals surface area contributed by atoms with Crippen LogP contribution in [0.25, 0.3) is 0 Å². The maximum Gasteiger partial charge on any atom is 0.274 e. The van der Waals surface area contributed by atoms with Crippen molar-refractivity contribution in [2.75, 3.05) is 17.2 Å². The van der Waals surface area contributed by atoms with E-state index in [1.807, 2.05) is 38.1 Å². The van der Waals surface area contributed by atoms with Crippen LogP contribution in [0.4, 0.5) is 11.4 Å². The number of carbonyl (C=O) groups excluding carboxylic acids is 1. The summed E-state index contributed by atoms with van der Waals surface area (Å²) in [5.74, 6) is -0.187. The van der Waals surface area contributed by atoms with E-state index < -0.39 is 0 Å². The van der Waals surface area contributed by atoms with Gasteiger partial charge in [0.2, 0.25) is 0 Å². The van der Waals surface area contributed by atoms with E-state index in [0.717, 1.165) is 41.9 Å². The van der Waals surface area contributed by atoms with E-state index in [4.69, 9.17) is 0 Å². The van der Waals surface area contributed by atoms with Gasteiger partial charge in [0.25, 0.3) is 5.91 Å². The number of aromatic nitrogens is 1. The van der Waals surface area contributed by atoms with Gasteiger partial charge in [-0.15, -0.1) is 0 Å². The first kappa shape index (κ1) is 16.0. The Morgan fingerprint density at radius 2 is 2.05 bits per heavy atom. The summed E-state index contributed by atoms with van der Waals surface area (Å²) in [6.07, 6.45) is 3.90.